The lowest BCUT2D eigenvalue weighted by atomic mass is 10.1. The number of aryl methyl sites for hydroxylation is 2. The standard InChI is InChI=1S/C17H18N4O2S2/c1-12-4-5-15(10-13(12)2)21-25(22,23)16-8-6-14(7-9-16)20-17(24-3)19-11-18/h4-10,21H,1-3H3,(H,19,20). The predicted molar refractivity (Wildman–Crippen MR) is 103 cm³/mol. The van der Waals surface area contributed by atoms with Gasteiger partial charge in [-0.05, 0) is 67.6 Å². The number of hydrogen-bond acceptors (Lipinski definition) is 5. The number of rotatable bonds is 4. The van der Waals surface area contributed by atoms with Gasteiger partial charge in [0.25, 0.3) is 10.0 Å². The molecule has 25 heavy (non-hydrogen) atoms. The van der Waals surface area contributed by atoms with Crippen LogP contribution in [0.3, 0.4) is 0 Å². The minimum Gasteiger partial charge on any atom is -0.280 e. The summed E-state index contributed by atoms with van der Waals surface area (Å²) in [6, 6.07) is 11.5. The number of benzene rings is 2. The minimum atomic E-state index is -3.68. The summed E-state index contributed by atoms with van der Waals surface area (Å²) in [5, 5.41) is 11.5. The fraction of sp³-hybridized carbons (Fsp3) is 0.176. The molecule has 2 N–H and O–H groups in total. The largest absolute Gasteiger partial charge is 0.280 e. The highest BCUT2D eigenvalue weighted by molar-refractivity contribution is 8.13. The Morgan fingerprint density at radius 2 is 1.80 bits per heavy atom. The van der Waals surface area contributed by atoms with Gasteiger partial charge in [-0.1, -0.05) is 17.8 Å². The summed E-state index contributed by atoms with van der Waals surface area (Å²) in [5.41, 5.74) is 3.19. The molecular formula is C17H18N4O2S2. The van der Waals surface area contributed by atoms with Crippen molar-refractivity contribution in [2.45, 2.75) is 18.7 Å². The molecule has 0 bridgehead atoms. The lowest BCUT2D eigenvalue weighted by molar-refractivity contribution is 0.601. The molecule has 0 fully saturated rings. The van der Waals surface area contributed by atoms with Crippen LogP contribution in [-0.4, -0.2) is 19.8 Å². The number of sulfonamides is 1. The van der Waals surface area contributed by atoms with Gasteiger partial charge in [-0.2, -0.15) is 5.26 Å². The Balaban J connectivity index is 2.22. The van der Waals surface area contributed by atoms with Crippen molar-refractivity contribution in [2.24, 2.45) is 4.99 Å². The highest BCUT2D eigenvalue weighted by atomic mass is 32.2. The SMILES string of the molecule is CSC(=Nc1ccc(S(=O)(=O)Nc2ccc(C)c(C)c2)cc1)NC#N. The fourth-order valence-electron chi connectivity index (χ4n) is 2.01. The third-order valence-corrected chi connectivity index (χ3v) is 5.47. The number of aliphatic imine (C=N–C) groups is 1. The number of nitrogens with zero attached hydrogens (tertiary/aromatic N) is 2. The summed E-state index contributed by atoms with van der Waals surface area (Å²) in [4.78, 5) is 4.37. The molecule has 130 valence electrons. The van der Waals surface area contributed by atoms with E-state index in [2.05, 4.69) is 15.0 Å². The van der Waals surface area contributed by atoms with Gasteiger partial charge in [0, 0.05) is 5.69 Å². The maximum Gasteiger partial charge on any atom is 0.261 e. The molecule has 6 nitrogen and oxygen atoms in total. The maximum absolute atomic E-state index is 12.5. The summed E-state index contributed by atoms with van der Waals surface area (Å²) >= 11 is 1.29. The second kappa shape index (κ2) is 8.05. The first-order valence-electron chi connectivity index (χ1n) is 7.33. The Morgan fingerprint density at radius 1 is 1.12 bits per heavy atom. The van der Waals surface area contributed by atoms with Gasteiger partial charge >= 0.3 is 0 Å². The molecule has 0 spiro atoms. The third kappa shape index (κ3) is 4.98. The van der Waals surface area contributed by atoms with Crippen LogP contribution in [0.15, 0.2) is 52.4 Å². The van der Waals surface area contributed by atoms with E-state index in [9.17, 15) is 8.42 Å². The first kappa shape index (κ1) is 18.8. The quantitative estimate of drug-likeness (QED) is 0.369. The van der Waals surface area contributed by atoms with Crippen molar-refractivity contribution in [1.82, 2.24) is 5.32 Å². The van der Waals surface area contributed by atoms with Crippen LogP contribution in [0.5, 0.6) is 0 Å². The Labute approximate surface area is 152 Å². The Bertz CT molecular complexity index is 930. The van der Waals surface area contributed by atoms with E-state index in [1.165, 1.54) is 23.9 Å². The van der Waals surface area contributed by atoms with E-state index in [-0.39, 0.29) is 4.90 Å². The van der Waals surface area contributed by atoms with E-state index < -0.39 is 10.0 Å². The van der Waals surface area contributed by atoms with E-state index in [0.29, 0.717) is 16.5 Å². The first-order chi connectivity index (χ1) is 11.9. The van der Waals surface area contributed by atoms with Crippen LogP contribution in [0.25, 0.3) is 0 Å². The minimum absolute atomic E-state index is 0.142. The normalized spacial score (nSPS) is 11.7. The molecule has 2 aromatic carbocycles. The number of thioether (sulfide) groups is 1. The van der Waals surface area contributed by atoms with Crippen LogP contribution in [0.4, 0.5) is 11.4 Å². The van der Waals surface area contributed by atoms with Gasteiger partial charge in [-0.3, -0.25) is 10.0 Å². The zero-order chi connectivity index (χ0) is 18.4. The average molecular weight is 374 g/mol. The molecule has 0 aromatic heterocycles. The molecule has 2 aromatic rings. The number of nitriles is 1. The zero-order valence-electron chi connectivity index (χ0n) is 14.1. The van der Waals surface area contributed by atoms with Crippen molar-refractivity contribution in [3.8, 4) is 6.19 Å². The van der Waals surface area contributed by atoms with Crippen molar-refractivity contribution in [3.63, 3.8) is 0 Å². The van der Waals surface area contributed by atoms with Crippen LogP contribution in [0.1, 0.15) is 11.1 Å². The molecule has 0 heterocycles. The zero-order valence-corrected chi connectivity index (χ0v) is 15.7. The monoisotopic (exact) mass is 374 g/mol. The molecule has 0 atom stereocenters. The van der Waals surface area contributed by atoms with E-state index in [4.69, 9.17) is 5.26 Å². The van der Waals surface area contributed by atoms with Gasteiger partial charge in [0.05, 0.1) is 10.6 Å². The molecule has 0 aliphatic rings. The van der Waals surface area contributed by atoms with Gasteiger partial charge < -0.3 is 0 Å². The summed E-state index contributed by atoms with van der Waals surface area (Å²) < 4.78 is 27.5. The highest BCUT2D eigenvalue weighted by Crippen LogP contribution is 2.21. The number of nitrogens with one attached hydrogen (secondary N) is 2. The predicted octanol–water partition coefficient (Wildman–Crippen LogP) is 3.53. The van der Waals surface area contributed by atoms with Gasteiger partial charge in [0.15, 0.2) is 11.4 Å². The van der Waals surface area contributed by atoms with Gasteiger partial charge in [-0.15, -0.1) is 0 Å². The van der Waals surface area contributed by atoms with Crippen molar-refractivity contribution >= 4 is 38.3 Å². The van der Waals surface area contributed by atoms with E-state index in [1.54, 1.807) is 36.7 Å². The Hall–Kier alpha value is -2.50. The number of amidine groups is 1. The van der Waals surface area contributed by atoms with Crippen molar-refractivity contribution in [3.05, 3.63) is 53.6 Å². The molecule has 0 amide bonds. The van der Waals surface area contributed by atoms with Gasteiger partial charge in [-0.25, -0.2) is 13.4 Å². The number of anilines is 1. The first-order valence-corrected chi connectivity index (χ1v) is 10.0. The van der Waals surface area contributed by atoms with Crippen molar-refractivity contribution in [2.75, 3.05) is 11.0 Å². The molecule has 0 aliphatic carbocycles. The van der Waals surface area contributed by atoms with Crippen LogP contribution < -0.4 is 10.0 Å². The van der Waals surface area contributed by atoms with Crippen molar-refractivity contribution < 1.29 is 8.42 Å². The Kier molecular flexibility index (Phi) is 6.07. The molecule has 0 unspecified atom stereocenters. The molecule has 0 saturated carbocycles. The lowest BCUT2D eigenvalue weighted by Crippen LogP contribution is -2.13. The van der Waals surface area contributed by atoms with E-state index in [1.807, 2.05) is 19.9 Å². The van der Waals surface area contributed by atoms with Crippen LogP contribution in [0, 0.1) is 25.3 Å². The highest BCUT2D eigenvalue weighted by Gasteiger charge is 2.14. The topological polar surface area (TPSA) is 94.3 Å². The van der Waals surface area contributed by atoms with Crippen LogP contribution >= 0.6 is 11.8 Å². The number of hydrogen-bond donors (Lipinski definition) is 2. The second-order valence-corrected chi connectivity index (χ2v) is 7.73. The van der Waals surface area contributed by atoms with Crippen LogP contribution in [-0.2, 0) is 10.0 Å². The summed E-state index contributed by atoms with van der Waals surface area (Å²) in [6.45, 7) is 3.90. The fourth-order valence-corrected chi connectivity index (χ4v) is 3.40. The van der Waals surface area contributed by atoms with Crippen LogP contribution in [0.2, 0.25) is 0 Å². The Morgan fingerprint density at radius 3 is 2.36 bits per heavy atom. The molecule has 8 heteroatoms. The molecule has 0 aliphatic heterocycles. The molecule has 0 radical (unpaired) electrons. The molecule has 2 rings (SSSR count). The third-order valence-electron chi connectivity index (χ3n) is 3.49. The summed E-state index contributed by atoms with van der Waals surface area (Å²) in [5.74, 6) is 0. The summed E-state index contributed by atoms with van der Waals surface area (Å²) in [6.07, 6.45) is 3.59. The molecule has 0 saturated heterocycles. The summed E-state index contributed by atoms with van der Waals surface area (Å²) in [7, 11) is -3.68. The lowest BCUT2D eigenvalue weighted by Gasteiger charge is -2.10. The van der Waals surface area contributed by atoms with Gasteiger partial charge in [0.1, 0.15) is 0 Å². The molecular weight excluding hydrogens is 356 g/mol. The van der Waals surface area contributed by atoms with Crippen molar-refractivity contribution in [1.29, 1.82) is 5.26 Å². The van der Waals surface area contributed by atoms with E-state index in [0.717, 1.165) is 11.1 Å². The smallest absolute Gasteiger partial charge is 0.261 e. The maximum atomic E-state index is 12.5. The average Bonchev–Trinajstić information content (AvgIpc) is 2.58. The second-order valence-electron chi connectivity index (χ2n) is 5.26. The van der Waals surface area contributed by atoms with E-state index >= 15 is 0 Å². The van der Waals surface area contributed by atoms with Gasteiger partial charge in [0.2, 0.25) is 0 Å².